The average molecular weight is 470 g/mol. The summed E-state index contributed by atoms with van der Waals surface area (Å²) >= 11 is 1.68. The number of hydrogen-bond donors (Lipinski definition) is 2. The molecule has 3 aromatic carbocycles. The molecule has 0 bridgehead atoms. The van der Waals surface area contributed by atoms with Gasteiger partial charge in [0.1, 0.15) is 12.4 Å². The van der Waals surface area contributed by atoms with Crippen LogP contribution in [-0.2, 0) is 6.61 Å². The third-order valence-corrected chi connectivity index (χ3v) is 6.20. The highest BCUT2D eigenvalue weighted by Gasteiger charge is 2.12. The minimum atomic E-state index is -1.00. The molecular formula is C26H19N3O4S. The van der Waals surface area contributed by atoms with Gasteiger partial charge in [0.25, 0.3) is 5.56 Å². The van der Waals surface area contributed by atoms with Crippen LogP contribution in [0.1, 0.15) is 16.1 Å². The number of aromatic amines is 1. The number of H-pyrrole nitrogens is 1. The maximum atomic E-state index is 12.6. The Labute approximate surface area is 198 Å². The van der Waals surface area contributed by atoms with E-state index in [1.807, 2.05) is 42.5 Å². The lowest BCUT2D eigenvalue weighted by Crippen LogP contribution is -2.16. The molecule has 5 rings (SSSR count). The van der Waals surface area contributed by atoms with Crippen LogP contribution in [0, 0.1) is 0 Å². The third-order valence-electron chi connectivity index (χ3n) is 5.18. The lowest BCUT2D eigenvalue weighted by Gasteiger charge is -2.07. The van der Waals surface area contributed by atoms with Crippen LogP contribution in [0.4, 0.5) is 0 Å². The van der Waals surface area contributed by atoms with Gasteiger partial charge in [0, 0.05) is 27.6 Å². The third kappa shape index (κ3) is 4.57. The number of ether oxygens (including phenoxy) is 1. The van der Waals surface area contributed by atoms with Crippen LogP contribution in [0.15, 0.2) is 106 Å². The van der Waals surface area contributed by atoms with Gasteiger partial charge in [-0.1, -0.05) is 42.1 Å². The maximum absolute atomic E-state index is 12.6. The molecule has 0 aliphatic rings. The van der Waals surface area contributed by atoms with E-state index in [-0.39, 0.29) is 17.7 Å². The number of fused-ring (bicyclic) bond motifs is 1. The highest BCUT2D eigenvalue weighted by molar-refractivity contribution is 7.99. The Morgan fingerprint density at radius 2 is 1.68 bits per heavy atom. The fourth-order valence-electron chi connectivity index (χ4n) is 3.49. The molecule has 0 spiro atoms. The number of nitrogens with one attached hydrogen (secondary N) is 1. The number of carbonyl (C=O) groups is 1. The Hall–Kier alpha value is -4.30. The molecule has 8 heteroatoms. The molecular weight excluding hydrogens is 450 g/mol. The molecule has 2 heterocycles. The number of carboxylic acid groups (broad SMARTS) is 1. The van der Waals surface area contributed by atoms with Crippen molar-refractivity contribution in [2.24, 2.45) is 0 Å². The highest BCUT2D eigenvalue weighted by Crippen LogP contribution is 2.30. The zero-order valence-electron chi connectivity index (χ0n) is 17.8. The molecule has 0 saturated carbocycles. The van der Waals surface area contributed by atoms with Crippen molar-refractivity contribution in [2.45, 2.75) is 16.4 Å². The van der Waals surface area contributed by atoms with Crippen molar-refractivity contribution in [2.75, 3.05) is 0 Å². The summed E-state index contributed by atoms with van der Waals surface area (Å²) in [5.74, 6) is -0.508. The van der Waals surface area contributed by atoms with Crippen molar-refractivity contribution in [3.05, 3.63) is 113 Å². The van der Waals surface area contributed by atoms with E-state index in [1.165, 1.54) is 22.7 Å². The lowest BCUT2D eigenvalue weighted by molar-refractivity contribution is 0.0697. The molecule has 0 aliphatic carbocycles. The molecule has 2 N–H and O–H groups in total. The van der Waals surface area contributed by atoms with Crippen molar-refractivity contribution < 1.29 is 14.6 Å². The SMILES string of the molecule is O=C(O)c1ccc(OCc2cc(=O)n3[nH]cc(-c4ccc(Sc5ccccc5)cc4)c3n2)cc1. The minimum absolute atomic E-state index is 0.0788. The smallest absolute Gasteiger partial charge is 0.335 e. The van der Waals surface area contributed by atoms with Crippen LogP contribution in [0.2, 0.25) is 0 Å². The second-order valence-corrected chi connectivity index (χ2v) is 8.64. The first-order valence-electron chi connectivity index (χ1n) is 10.5. The molecule has 0 aliphatic heterocycles. The first-order valence-corrected chi connectivity index (χ1v) is 11.3. The maximum Gasteiger partial charge on any atom is 0.335 e. The minimum Gasteiger partial charge on any atom is -0.487 e. The fraction of sp³-hybridized carbons (Fsp3) is 0.0385. The number of nitrogens with zero attached hydrogens (tertiary/aromatic N) is 2. The van der Waals surface area contributed by atoms with Crippen molar-refractivity contribution in [1.29, 1.82) is 0 Å². The first kappa shape index (κ1) is 21.5. The number of carboxylic acids is 1. The van der Waals surface area contributed by atoms with Gasteiger partial charge in [-0.15, -0.1) is 0 Å². The first-order chi connectivity index (χ1) is 16.6. The Bertz CT molecular complexity index is 1510. The monoisotopic (exact) mass is 469 g/mol. The molecule has 0 saturated heterocycles. The number of hydrogen-bond acceptors (Lipinski definition) is 5. The van der Waals surface area contributed by atoms with Gasteiger partial charge in [-0.3, -0.25) is 9.89 Å². The predicted octanol–water partition coefficient (Wildman–Crippen LogP) is 5.12. The van der Waals surface area contributed by atoms with Gasteiger partial charge in [0.15, 0.2) is 5.65 Å². The van der Waals surface area contributed by atoms with E-state index < -0.39 is 5.97 Å². The Kier molecular flexibility index (Phi) is 5.88. The van der Waals surface area contributed by atoms with Gasteiger partial charge < -0.3 is 9.84 Å². The predicted molar refractivity (Wildman–Crippen MR) is 130 cm³/mol. The Balaban J connectivity index is 1.37. The van der Waals surface area contributed by atoms with Crippen LogP contribution in [0.25, 0.3) is 16.8 Å². The average Bonchev–Trinajstić information content (AvgIpc) is 3.29. The summed E-state index contributed by atoms with van der Waals surface area (Å²) in [7, 11) is 0. The van der Waals surface area contributed by atoms with Crippen LogP contribution in [0.3, 0.4) is 0 Å². The number of rotatable bonds is 7. The molecule has 0 unspecified atom stereocenters. The van der Waals surface area contributed by atoms with E-state index >= 15 is 0 Å². The van der Waals surface area contributed by atoms with Gasteiger partial charge in [-0.2, -0.15) is 0 Å². The van der Waals surface area contributed by atoms with E-state index in [4.69, 9.17) is 9.84 Å². The van der Waals surface area contributed by atoms with E-state index in [2.05, 4.69) is 22.2 Å². The van der Waals surface area contributed by atoms with Crippen molar-refractivity contribution in [1.82, 2.24) is 14.6 Å². The Morgan fingerprint density at radius 3 is 2.38 bits per heavy atom. The number of aromatic nitrogens is 3. The van der Waals surface area contributed by atoms with Crippen molar-refractivity contribution in [3.8, 4) is 16.9 Å². The molecule has 2 aromatic heterocycles. The van der Waals surface area contributed by atoms with Crippen LogP contribution in [0.5, 0.6) is 5.75 Å². The zero-order chi connectivity index (χ0) is 23.5. The Morgan fingerprint density at radius 1 is 0.971 bits per heavy atom. The van der Waals surface area contributed by atoms with Crippen molar-refractivity contribution in [3.63, 3.8) is 0 Å². The molecule has 0 atom stereocenters. The second-order valence-electron chi connectivity index (χ2n) is 7.49. The molecule has 0 radical (unpaired) electrons. The largest absolute Gasteiger partial charge is 0.487 e. The van der Waals surface area contributed by atoms with E-state index in [9.17, 15) is 9.59 Å². The van der Waals surface area contributed by atoms with Crippen LogP contribution >= 0.6 is 11.8 Å². The summed E-state index contributed by atoms with van der Waals surface area (Å²) in [6, 6.07) is 25.8. The summed E-state index contributed by atoms with van der Waals surface area (Å²) in [5, 5.41) is 12.0. The topological polar surface area (TPSA) is 96.7 Å². The molecule has 0 fully saturated rings. The summed E-state index contributed by atoms with van der Waals surface area (Å²) in [4.78, 5) is 30.5. The number of benzene rings is 3. The highest BCUT2D eigenvalue weighted by atomic mass is 32.2. The summed E-state index contributed by atoms with van der Waals surface area (Å²) in [6.07, 6.45) is 1.76. The number of aromatic carboxylic acids is 1. The lowest BCUT2D eigenvalue weighted by atomic mass is 10.1. The summed E-state index contributed by atoms with van der Waals surface area (Å²) < 4.78 is 7.10. The molecule has 168 valence electrons. The van der Waals surface area contributed by atoms with Crippen LogP contribution < -0.4 is 10.3 Å². The zero-order valence-corrected chi connectivity index (χ0v) is 18.7. The summed E-state index contributed by atoms with van der Waals surface area (Å²) in [5.41, 5.74) is 2.66. The van der Waals surface area contributed by atoms with Gasteiger partial charge in [0.05, 0.1) is 11.3 Å². The van der Waals surface area contributed by atoms with Gasteiger partial charge in [-0.05, 0) is 54.1 Å². The van der Waals surface area contributed by atoms with Gasteiger partial charge in [0.2, 0.25) is 0 Å². The molecule has 5 aromatic rings. The quantitative estimate of drug-likeness (QED) is 0.344. The van der Waals surface area contributed by atoms with E-state index in [0.29, 0.717) is 17.1 Å². The van der Waals surface area contributed by atoms with Gasteiger partial charge in [-0.25, -0.2) is 14.3 Å². The molecule has 34 heavy (non-hydrogen) atoms. The molecule has 7 nitrogen and oxygen atoms in total. The van der Waals surface area contributed by atoms with E-state index in [0.717, 1.165) is 20.9 Å². The second kappa shape index (κ2) is 9.29. The fourth-order valence-corrected chi connectivity index (χ4v) is 4.33. The normalized spacial score (nSPS) is 10.9. The summed E-state index contributed by atoms with van der Waals surface area (Å²) in [6.45, 7) is 0.0788. The van der Waals surface area contributed by atoms with Crippen molar-refractivity contribution >= 4 is 23.4 Å². The standard InChI is InChI=1S/C26H19N3O4S/c30-24-14-19(16-33-20-10-6-18(7-11-20)26(31)32)28-25-23(15-27-29(24)25)17-8-12-22(13-9-17)34-21-4-2-1-3-5-21/h1-15,27H,16H2,(H,31,32). The van der Waals surface area contributed by atoms with Gasteiger partial charge >= 0.3 is 5.97 Å². The van der Waals surface area contributed by atoms with Crippen LogP contribution in [-0.4, -0.2) is 25.7 Å². The van der Waals surface area contributed by atoms with E-state index in [1.54, 1.807) is 30.1 Å². The molecule has 0 amide bonds.